The number of carbonyl (C=O) groups is 1. The smallest absolute Gasteiger partial charge is 0.273 e. The van der Waals surface area contributed by atoms with Crippen molar-refractivity contribution in [1.29, 1.82) is 0 Å². The molecule has 0 spiro atoms. The molecule has 1 N–H and O–H groups in total. The number of oxime groups is 1. The van der Waals surface area contributed by atoms with Gasteiger partial charge in [-0.05, 0) is 25.1 Å². The molecule has 0 bridgehead atoms. The van der Waals surface area contributed by atoms with Gasteiger partial charge in [0, 0.05) is 11.4 Å². The van der Waals surface area contributed by atoms with E-state index in [1.54, 1.807) is 6.92 Å². The summed E-state index contributed by atoms with van der Waals surface area (Å²) < 4.78 is 13.4. The van der Waals surface area contributed by atoms with Crippen molar-refractivity contribution in [2.45, 2.75) is 19.4 Å². The number of amides is 1. The third-order valence-electron chi connectivity index (χ3n) is 2.27. The van der Waals surface area contributed by atoms with Crippen molar-refractivity contribution in [3.05, 3.63) is 29.0 Å². The molecule has 1 aromatic carbocycles. The molecule has 17 heavy (non-hydrogen) atoms. The Hall–Kier alpha value is -1.62. The van der Waals surface area contributed by atoms with Crippen LogP contribution in [0.4, 0.5) is 10.1 Å². The van der Waals surface area contributed by atoms with E-state index in [1.165, 1.54) is 12.1 Å². The zero-order valence-corrected chi connectivity index (χ0v) is 9.79. The highest BCUT2D eigenvalue weighted by molar-refractivity contribution is 6.43. The molecule has 0 fully saturated rings. The van der Waals surface area contributed by atoms with Crippen LogP contribution in [0, 0.1) is 5.82 Å². The molecule has 90 valence electrons. The number of benzene rings is 1. The van der Waals surface area contributed by atoms with E-state index in [4.69, 9.17) is 16.4 Å². The normalized spacial score (nSPS) is 18.5. The summed E-state index contributed by atoms with van der Waals surface area (Å²) in [7, 11) is 0. The molecule has 0 saturated heterocycles. The van der Waals surface area contributed by atoms with Gasteiger partial charge in [-0.25, -0.2) is 4.39 Å². The summed E-state index contributed by atoms with van der Waals surface area (Å²) in [6, 6.07) is 4.03. The Balaban J connectivity index is 2.08. The van der Waals surface area contributed by atoms with Crippen molar-refractivity contribution in [3.63, 3.8) is 0 Å². The highest BCUT2D eigenvalue weighted by atomic mass is 35.5. The predicted molar refractivity (Wildman–Crippen MR) is 62.6 cm³/mol. The number of rotatable bonds is 2. The first-order chi connectivity index (χ1) is 8.06. The molecule has 1 aliphatic rings. The topological polar surface area (TPSA) is 50.7 Å². The molecular weight excluding hydrogens is 247 g/mol. The van der Waals surface area contributed by atoms with Gasteiger partial charge in [-0.2, -0.15) is 0 Å². The zero-order chi connectivity index (χ0) is 12.4. The molecule has 0 aromatic heterocycles. The Morgan fingerprint density at radius 1 is 1.65 bits per heavy atom. The van der Waals surface area contributed by atoms with Gasteiger partial charge >= 0.3 is 0 Å². The minimum Gasteiger partial charge on any atom is -0.392 e. The first kappa shape index (κ1) is 11.9. The summed E-state index contributed by atoms with van der Waals surface area (Å²) in [6.07, 6.45) is 0.298. The van der Waals surface area contributed by atoms with Gasteiger partial charge < -0.3 is 10.2 Å². The van der Waals surface area contributed by atoms with Gasteiger partial charge in [0.1, 0.15) is 17.6 Å². The number of carbonyl (C=O) groups excluding carboxylic acids is 1. The number of hydrogen-bond acceptors (Lipinski definition) is 3. The maximum atomic E-state index is 13.4. The Labute approximate surface area is 102 Å². The fourth-order valence-corrected chi connectivity index (χ4v) is 1.58. The van der Waals surface area contributed by atoms with E-state index in [2.05, 4.69) is 10.5 Å². The highest BCUT2D eigenvalue weighted by Gasteiger charge is 2.23. The summed E-state index contributed by atoms with van der Waals surface area (Å²) in [5, 5.41) is 6.31. The molecule has 1 amide bonds. The van der Waals surface area contributed by atoms with Crippen LogP contribution in [0.25, 0.3) is 0 Å². The monoisotopic (exact) mass is 256 g/mol. The number of nitrogens with zero attached hydrogens (tertiary/aromatic N) is 1. The second-order valence-corrected chi connectivity index (χ2v) is 4.17. The molecular formula is C11H10ClFN2O2. The summed E-state index contributed by atoms with van der Waals surface area (Å²) in [4.78, 5) is 16.6. The first-order valence-corrected chi connectivity index (χ1v) is 5.43. The van der Waals surface area contributed by atoms with Gasteiger partial charge in [-0.15, -0.1) is 0 Å². The standard InChI is InChI=1S/C11H10ClFN2O2/c1-6-4-10(15-17-6)11(16)14-9-3-2-7(12)5-8(9)13/h2-3,5-6H,4H2,1H3,(H,14,16). The van der Waals surface area contributed by atoms with Gasteiger partial charge in [-0.1, -0.05) is 16.8 Å². The van der Waals surface area contributed by atoms with Crippen LogP contribution in [-0.4, -0.2) is 17.7 Å². The van der Waals surface area contributed by atoms with E-state index in [9.17, 15) is 9.18 Å². The molecule has 2 rings (SSSR count). The largest absolute Gasteiger partial charge is 0.392 e. The Morgan fingerprint density at radius 2 is 2.41 bits per heavy atom. The maximum Gasteiger partial charge on any atom is 0.273 e. The maximum absolute atomic E-state index is 13.4. The van der Waals surface area contributed by atoms with Crippen molar-refractivity contribution in [3.8, 4) is 0 Å². The van der Waals surface area contributed by atoms with Gasteiger partial charge in [-0.3, -0.25) is 4.79 Å². The van der Waals surface area contributed by atoms with Crippen LogP contribution in [-0.2, 0) is 9.63 Å². The van der Waals surface area contributed by atoms with E-state index >= 15 is 0 Å². The van der Waals surface area contributed by atoms with E-state index in [-0.39, 0.29) is 22.5 Å². The second kappa shape index (κ2) is 4.71. The summed E-state index contributed by atoms with van der Waals surface area (Å²) in [5.41, 5.74) is 0.327. The van der Waals surface area contributed by atoms with E-state index < -0.39 is 11.7 Å². The van der Waals surface area contributed by atoms with Crippen molar-refractivity contribution in [2.24, 2.45) is 5.16 Å². The third kappa shape index (κ3) is 2.74. The van der Waals surface area contributed by atoms with E-state index in [0.29, 0.717) is 6.42 Å². The van der Waals surface area contributed by atoms with Crippen molar-refractivity contribution >= 4 is 28.9 Å². The molecule has 1 heterocycles. The lowest BCUT2D eigenvalue weighted by molar-refractivity contribution is -0.110. The molecule has 1 unspecified atom stereocenters. The van der Waals surface area contributed by atoms with E-state index in [0.717, 1.165) is 6.07 Å². The molecule has 1 aliphatic heterocycles. The SMILES string of the molecule is CC1CC(C(=O)Nc2ccc(Cl)cc2F)=NO1. The predicted octanol–water partition coefficient (Wildman–Crippen LogP) is 2.58. The summed E-state index contributed by atoms with van der Waals surface area (Å²) in [5.74, 6) is -1.05. The molecule has 1 atom stereocenters. The van der Waals surface area contributed by atoms with Crippen molar-refractivity contribution in [2.75, 3.05) is 5.32 Å². The number of hydrogen-bond donors (Lipinski definition) is 1. The number of anilines is 1. The number of halogens is 2. The minimum atomic E-state index is -0.585. The Bertz CT molecular complexity index is 490. The minimum absolute atomic E-state index is 0.0710. The molecule has 0 saturated carbocycles. The third-order valence-corrected chi connectivity index (χ3v) is 2.50. The van der Waals surface area contributed by atoms with Crippen molar-refractivity contribution < 1.29 is 14.0 Å². The van der Waals surface area contributed by atoms with Crippen LogP contribution >= 0.6 is 11.6 Å². The molecule has 0 aliphatic carbocycles. The first-order valence-electron chi connectivity index (χ1n) is 5.05. The summed E-state index contributed by atoms with van der Waals surface area (Å²) >= 11 is 5.60. The summed E-state index contributed by atoms with van der Waals surface area (Å²) in [6.45, 7) is 1.80. The lowest BCUT2D eigenvalue weighted by atomic mass is 10.2. The van der Waals surface area contributed by atoms with Crippen molar-refractivity contribution in [1.82, 2.24) is 0 Å². The number of nitrogens with one attached hydrogen (secondary N) is 1. The van der Waals surface area contributed by atoms with Gasteiger partial charge in [0.05, 0.1) is 5.69 Å². The van der Waals surface area contributed by atoms with Crippen LogP contribution in [0.15, 0.2) is 23.4 Å². The zero-order valence-electron chi connectivity index (χ0n) is 9.04. The fourth-order valence-electron chi connectivity index (χ4n) is 1.42. The molecule has 6 heteroatoms. The Morgan fingerprint density at radius 3 is 3.00 bits per heavy atom. The van der Waals surface area contributed by atoms with Crippen LogP contribution in [0.1, 0.15) is 13.3 Å². The van der Waals surface area contributed by atoms with Crippen LogP contribution in [0.3, 0.4) is 0 Å². The lowest BCUT2D eigenvalue weighted by Crippen LogP contribution is -2.22. The average molecular weight is 257 g/mol. The van der Waals surface area contributed by atoms with Crippen LogP contribution in [0.2, 0.25) is 5.02 Å². The fraction of sp³-hybridized carbons (Fsp3) is 0.273. The van der Waals surface area contributed by atoms with Gasteiger partial charge in [0.15, 0.2) is 0 Å². The molecule has 1 aromatic rings. The lowest BCUT2D eigenvalue weighted by Gasteiger charge is -2.05. The quantitative estimate of drug-likeness (QED) is 0.884. The van der Waals surface area contributed by atoms with Crippen LogP contribution < -0.4 is 5.32 Å². The van der Waals surface area contributed by atoms with E-state index in [1.807, 2.05) is 0 Å². The van der Waals surface area contributed by atoms with Gasteiger partial charge in [0.2, 0.25) is 0 Å². The Kier molecular flexibility index (Phi) is 3.28. The highest BCUT2D eigenvalue weighted by Crippen LogP contribution is 2.19. The average Bonchev–Trinajstić information content (AvgIpc) is 2.69. The van der Waals surface area contributed by atoms with Crippen LogP contribution in [0.5, 0.6) is 0 Å². The molecule has 0 radical (unpaired) electrons. The van der Waals surface area contributed by atoms with Gasteiger partial charge in [0.25, 0.3) is 5.91 Å². The molecule has 4 nitrogen and oxygen atoms in total. The second-order valence-electron chi connectivity index (χ2n) is 3.74.